The maximum Gasteiger partial charge on any atom is 0.335 e. The number of likely N-dealkylation sites (N-methyl/N-ethyl adjacent to an activating group) is 1. The number of thioether (sulfide) groups is 1. The number of esters is 2. The Bertz CT molecular complexity index is 1640. The Morgan fingerprint density at radius 2 is 1.86 bits per heavy atom. The number of carbonyl (C=O) groups excluding carboxylic acids is 2. The molecule has 0 aliphatic carbocycles. The molecule has 5 aliphatic rings. The lowest BCUT2D eigenvalue weighted by atomic mass is 9.72. The van der Waals surface area contributed by atoms with Gasteiger partial charge in [-0.15, -0.1) is 11.8 Å². The van der Waals surface area contributed by atoms with Gasteiger partial charge in [0.05, 0.1) is 30.5 Å². The summed E-state index contributed by atoms with van der Waals surface area (Å²) in [6.07, 6.45) is -1.25. The second-order valence-corrected chi connectivity index (χ2v) is 13.3. The zero-order valence-electron chi connectivity index (χ0n) is 25.5. The van der Waals surface area contributed by atoms with Crippen molar-refractivity contribution in [1.82, 2.24) is 9.80 Å². The highest BCUT2D eigenvalue weighted by Crippen LogP contribution is 2.63. The maximum absolute atomic E-state index is 12.9. The molecule has 12 heteroatoms. The van der Waals surface area contributed by atoms with E-state index in [-0.39, 0.29) is 37.3 Å². The molecule has 0 saturated carbocycles. The number of hydrogen-bond donors (Lipinski definition) is 1. The van der Waals surface area contributed by atoms with Gasteiger partial charge < -0.3 is 28.8 Å². The van der Waals surface area contributed by atoms with E-state index in [0.717, 1.165) is 28.0 Å². The third-order valence-electron chi connectivity index (χ3n) is 9.88. The molecule has 7 rings (SSSR count). The molecule has 2 saturated heterocycles. The SMILES string of the molecule is [C-]#[N+][C@H]1[C@@H]2Cc3cc(C)c(OC)c(C)c3[C@H](C3[C@@H]4SCC(O)C(=O)OC[C@H](c5c6c(c(C)c(OC(C)=O)c54)OCO6)N31)N2C. The Kier molecular flexibility index (Phi) is 7.01. The summed E-state index contributed by atoms with van der Waals surface area (Å²) in [4.78, 5) is 34.2. The van der Waals surface area contributed by atoms with E-state index >= 15 is 0 Å². The number of aliphatic hydroxyl groups excluding tert-OH is 1. The first-order valence-corrected chi connectivity index (χ1v) is 15.8. The van der Waals surface area contributed by atoms with Gasteiger partial charge in [-0.2, -0.15) is 0 Å². The van der Waals surface area contributed by atoms with Gasteiger partial charge in [-0.05, 0) is 56.5 Å². The Balaban J connectivity index is 1.56. The van der Waals surface area contributed by atoms with Crippen LogP contribution in [0, 0.1) is 27.3 Å². The fourth-order valence-electron chi connectivity index (χ4n) is 8.26. The van der Waals surface area contributed by atoms with Crippen molar-refractivity contribution in [2.45, 2.75) is 75.8 Å². The minimum absolute atomic E-state index is 0.00938. The van der Waals surface area contributed by atoms with Gasteiger partial charge in [0.2, 0.25) is 6.79 Å². The Labute approximate surface area is 260 Å². The summed E-state index contributed by atoms with van der Waals surface area (Å²) in [5, 5.41) is 10.4. The van der Waals surface area contributed by atoms with E-state index in [1.54, 1.807) is 7.11 Å². The van der Waals surface area contributed by atoms with Gasteiger partial charge in [-0.25, -0.2) is 16.3 Å². The quantitative estimate of drug-likeness (QED) is 0.302. The van der Waals surface area contributed by atoms with Crippen LogP contribution in [0.3, 0.4) is 0 Å². The molecule has 0 spiro atoms. The predicted octanol–water partition coefficient (Wildman–Crippen LogP) is 3.55. The van der Waals surface area contributed by atoms with E-state index in [2.05, 4.69) is 34.7 Å². The molecule has 2 aromatic rings. The number of methoxy groups -OCH3 is 1. The zero-order chi connectivity index (χ0) is 31.2. The van der Waals surface area contributed by atoms with E-state index in [0.29, 0.717) is 34.8 Å². The lowest BCUT2D eigenvalue weighted by molar-refractivity contribution is -0.158. The minimum Gasteiger partial charge on any atom is -0.496 e. The number of rotatable bonds is 2. The fraction of sp³-hybridized carbons (Fsp3) is 0.531. The van der Waals surface area contributed by atoms with Crippen molar-refractivity contribution in [3.8, 4) is 23.0 Å². The molecule has 0 amide bonds. The summed E-state index contributed by atoms with van der Waals surface area (Å²) >= 11 is 1.41. The largest absolute Gasteiger partial charge is 0.496 e. The van der Waals surface area contributed by atoms with E-state index in [1.807, 2.05) is 13.8 Å². The molecule has 11 nitrogen and oxygen atoms in total. The molecule has 0 radical (unpaired) electrons. The first kappa shape index (κ1) is 29.2. The summed E-state index contributed by atoms with van der Waals surface area (Å²) in [6.45, 7) is 15.7. The van der Waals surface area contributed by atoms with Gasteiger partial charge in [0.1, 0.15) is 24.1 Å². The molecule has 4 bridgehead atoms. The number of fused-ring (bicyclic) bond motifs is 9. The van der Waals surface area contributed by atoms with Crippen LogP contribution in [0.25, 0.3) is 4.85 Å². The van der Waals surface area contributed by atoms with Crippen molar-refractivity contribution < 1.29 is 38.4 Å². The molecule has 232 valence electrons. The average molecular weight is 622 g/mol. The topological polar surface area (TPSA) is 111 Å². The summed E-state index contributed by atoms with van der Waals surface area (Å²) in [5.74, 6) is 1.08. The van der Waals surface area contributed by atoms with Crippen LogP contribution in [0.4, 0.5) is 0 Å². The van der Waals surface area contributed by atoms with Crippen LogP contribution >= 0.6 is 11.8 Å². The highest BCUT2D eigenvalue weighted by Gasteiger charge is 2.62. The Morgan fingerprint density at radius 1 is 1.11 bits per heavy atom. The predicted molar refractivity (Wildman–Crippen MR) is 160 cm³/mol. The minimum atomic E-state index is -1.34. The summed E-state index contributed by atoms with van der Waals surface area (Å²) in [5.41, 5.74) is 6.53. The number of benzene rings is 2. The number of aryl methyl sites for hydroxylation is 1. The van der Waals surface area contributed by atoms with E-state index in [1.165, 1.54) is 24.2 Å². The third kappa shape index (κ3) is 3.99. The number of ether oxygens (including phenoxy) is 5. The summed E-state index contributed by atoms with van der Waals surface area (Å²) < 4.78 is 29.6. The molecule has 2 unspecified atom stereocenters. The van der Waals surface area contributed by atoms with Crippen LogP contribution in [-0.2, 0) is 20.7 Å². The van der Waals surface area contributed by atoms with Crippen LogP contribution in [0.5, 0.6) is 23.0 Å². The van der Waals surface area contributed by atoms with Gasteiger partial charge in [-0.1, -0.05) is 6.07 Å². The summed E-state index contributed by atoms with van der Waals surface area (Å²) in [6, 6.07) is 0.894. The van der Waals surface area contributed by atoms with Gasteiger partial charge in [0, 0.05) is 29.4 Å². The molecule has 2 aromatic carbocycles. The number of nitrogens with zero attached hydrogens (tertiary/aromatic N) is 3. The van der Waals surface area contributed by atoms with E-state index in [9.17, 15) is 14.7 Å². The van der Waals surface area contributed by atoms with Crippen molar-refractivity contribution in [3.05, 3.63) is 56.4 Å². The number of cyclic esters (lactones) is 1. The van der Waals surface area contributed by atoms with Crippen LogP contribution in [0.2, 0.25) is 0 Å². The molecule has 5 heterocycles. The molecule has 7 atom stereocenters. The average Bonchev–Trinajstić information content (AvgIpc) is 3.47. The van der Waals surface area contributed by atoms with Gasteiger partial charge in [0.25, 0.3) is 6.17 Å². The first-order valence-electron chi connectivity index (χ1n) is 14.7. The fourth-order valence-corrected chi connectivity index (χ4v) is 9.67. The van der Waals surface area contributed by atoms with Gasteiger partial charge >= 0.3 is 11.9 Å². The van der Waals surface area contributed by atoms with Gasteiger partial charge in [0.15, 0.2) is 17.6 Å². The number of hydrogen-bond acceptors (Lipinski definition) is 11. The highest BCUT2D eigenvalue weighted by molar-refractivity contribution is 7.99. The van der Waals surface area contributed by atoms with Crippen molar-refractivity contribution in [3.63, 3.8) is 0 Å². The first-order chi connectivity index (χ1) is 21.1. The number of carbonyl (C=O) groups is 2. The molecule has 5 aliphatic heterocycles. The normalized spacial score (nSPS) is 30.4. The third-order valence-corrected chi connectivity index (χ3v) is 11.3. The van der Waals surface area contributed by atoms with Crippen LogP contribution in [0.15, 0.2) is 6.07 Å². The van der Waals surface area contributed by atoms with Crippen LogP contribution in [0.1, 0.15) is 63.2 Å². The molecule has 44 heavy (non-hydrogen) atoms. The van der Waals surface area contributed by atoms with E-state index < -0.39 is 35.5 Å². The highest BCUT2D eigenvalue weighted by atomic mass is 32.2. The smallest absolute Gasteiger partial charge is 0.335 e. The number of piperazine rings is 1. The zero-order valence-corrected chi connectivity index (χ0v) is 26.3. The molecule has 1 N–H and O–H groups in total. The lowest BCUT2D eigenvalue weighted by Gasteiger charge is -2.59. The van der Waals surface area contributed by atoms with E-state index in [4.69, 9.17) is 30.3 Å². The maximum atomic E-state index is 12.9. The number of aliphatic hydroxyl groups is 1. The molecule has 2 fully saturated rings. The van der Waals surface area contributed by atoms with Gasteiger partial charge in [-0.3, -0.25) is 14.5 Å². The Hall–Kier alpha value is -3.50. The van der Waals surface area contributed by atoms with Crippen molar-refractivity contribution in [1.29, 1.82) is 0 Å². The Morgan fingerprint density at radius 3 is 2.57 bits per heavy atom. The second kappa shape index (κ2) is 10.5. The van der Waals surface area contributed by atoms with Crippen molar-refractivity contribution in [2.24, 2.45) is 0 Å². The van der Waals surface area contributed by atoms with Crippen molar-refractivity contribution in [2.75, 3.05) is 33.3 Å². The van der Waals surface area contributed by atoms with Crippen LogP contribution < -0.4 is 18.9 Å². The second-order valence-electron chi connectivity index (χ2n) is 12.1. The van der Waals surface area contributed by atoms with Crippen LogP contribution in [-0.4, -0.2) is 84.5 Å². The summed E-state index contributed by atoms with van der Waals surface area (Å²) in [7, 11) is 3.76. The molecular formula is C32H35N3O8S. The monoisotopic (exact) mass is 621 g/mol. The molecule has 0 aromatic heterocycles. The standard InChI is InChI=1S/C32H35N3O8S/c1-13-8-17-9-18-31(33-5)35-19-10-40-32(38)20(37)11-44-30(25(35)24(34(18)6)21(17)14(2)26(13)39-7)23-22(19)29-28(41-12-42-29)15(3)27(23)43-16(4)36/h8,18-20,24-25,30-31,37H,9-12H2,1-4,6-7H3/t18-,19+,20?,24+,25?,30+,31+/m0/s1. The van der Waals surface area contributed by atoms with Crippen molar-refractivity contribution >= 4 is 23.7 Å². The lowest BCUT2D eigenvalue weighted by Crippen LogP contribution is -2.68. The molecular weight excluding hydrogens is 586 g/mol.